The lowest BCUT2D eigenvalue weighted by atomic mass is 10.1. The summed E-state index contributed by atoms with van der Waals surface area (Å²) in [5, 5.41) is 2.95. The van der Waals surface area contributed by atoms with Gasteiger partial charge in [-0.15, -0.1) is 0 Å². The molecule has 0 aliphatic rings. The highest BCUT2D eigenvalue weighted by Crippen LogP contribution is 2.31. The van der Waals surface area contributed by atoms with Crippen LogP contribution in [0, 0.1) is 6.92 Å². The van der Waals surface area contributed by atoms with Crippen LogP contribution in [0.5, 0.6) is 11.5 Å². The van der Waals surface area contributed by atoms with E-state index in [0.717, 1.165) is 23.3 Å². The van der Waals surface area contributed by atoms with E-state index < -0.39 is 0 Å². The lowest BCUT2D eigenvalue weighted by Crippen LogP contribution is -2.27. The third kappa shape index (κ3) is 4.49. The molecule has 0 unspecified atom stereocenters. The van der Waals surface area contributed by atoms with Crippen LogP contribution < -0.4 is 14.8 Å². The van der Waals surface area contributed by atoms with Gasteiger partial charge in [0.25, 0.3) is 0 Å². The third-order valence-electron chi connectivity index (χ3n) is 3.79. The SMILES string of the molecule is COc1ccc(CC(=O)NCCc2ccccc2)c(OC)c1C. The fraction of sp³-hybridized carbons (Fsp3) is 0.316. The number of amides is 1. The molecule has 2 aromatic carbocycles. The summed E-state index contributed by atoms with van der Waals surface area (Å²) in [6, 6.07) is 13.8. The number of hydrogen-bond acceptors (Lipinski definition) is 3. The topological polar surface area (TPSA) is 47.6 Å². The molecular formula is C19H23NO3. The average molecular weight is 313 g/mol. The number of ether oxygens (including phenoxy) is 2. The van der Waals surface area contributed by atoms with Crippen molar-refractivity contribution in [3.8, 4) is 11.5 Å². The average Bonchev–Trinajstić information content (AvgIpc) is 2.56. The summed E-state index contributed by atoms with van der Waals surface area (Å²) in [4.78, 5) is 12.1. The summed E-state index contributed by atoms with van der Waals surface area (Å²) in [6.07, 6.45) is 1.12. The molecule has 0 saturated heterocycles. The zero-order valence-electron chi connectivity index (χ0n) is 13.9. The molecule has 2 rings (SSSR count). The van der Waals surface area contributed by atoms with Gasteiger partial charge in [0, 0.05) is 17.7 Å². The molecular weight excluding hydrogens is 290 g/mol. The molecule has 122 valence electrons. The fourth-order valence-corrected chi connectivity index (χ4v) is 2.60. The van der Waals surface area contributed by atoms with Gasteiger partial charge in [0.15, 0.2) is 0 Å². The second-order valence-electron chi connectivity index (χ2n) is 5.35. The van der Waals surface area contributed by atoms with Crippen LogP contribution in [0.1, 0.15) is 16.7 Å². The second-order valence-corrected chi connectivity index (χ2v) is 5.35. The Hall–Kier alpha value is -2.49. The van der Waals surface area contributed by atoms with Gasteiger partial charge in [0.05, 0.1) is 20.6 Å². The van der Waals surface area contributed by atoms with Crippen molar-refractivity contribution in [3.63, 3.8) is 0 Å². The van der Waals surface area contributed by atoms with Crippen molar-refractivity contribution in [2.45, 2.75) is 19.8 Å². The van der Waals surface area contributed by atoms with Gasteiger partial charge in [-0.3, -0.25) is 4.79 Å². The quantitative estimate of drug-likeness (QED) is 0.855. The molecule has 1 N–H and O–H groups in total. The first-order valence-corrected chi connectivity index (χ1v) is 7.66. The Morgan fingerprint density at radius 3 is 2.43 bits per heavy atom. The zero-order chi connectivity index (χ0) is 16.7. The standard InChI is InChI=1S/C19H23NO3/c1-14-17(22-2)10-9-16(19(14)23-3)13-18(21)20-12-11-15-7-5-4-6-8-15/h4-10H,11-13H2,1-3H3,(H,20,21). The van der Waals surface area contributed by atoms with E-state index in [1.54, 1.807) is 14.2 Å². The van der Waals surface area contributed by atoms with E-state index in [9.17, 15) is 4.79 Å². The molecule has 0 aliphatic carbocycles. The molecule has 23 heavy (non-hydrogen) atoms. The van der Waals surface area contributed by atoms with Gasteiger partial charge in [-0.2, -0.15) is 0 Å². The maximum atomic E-state index is 12.1. The minimum atomic E-state index is -0.0104. The van der Waals surface area contributed by atoms with Gasteiger partial charge in [0.2, 0.25) is 5.91 Å². The molecule has 0 radical (unpaired) electrons. The van der Waals surface area contributed by atoms with Crippen molar-refractivity contribution >= 4 is 5.91 Å². The summed E-state index contributed by atoms with van der Waals surface area (Å²) in [7, 11) is 3.23. The number of hydrogen-bond donors (Lipinski definition) is 1. The molecule has 0 aliphatic heterocycles. The Morgan fingerprint density at radius 1 is 1.04 bits per heavy atom. The van der Waals surface area contributed by atoms with Crippen LogP contribution in [-0.2, 0) is 17.6 Å². The maximum Gasteiger partial charge on any atom is 0.224 e. The first kappa shape index (κ1) is 16.9. The summed E-state index contributed by atoms with van der Waals surface area (Å²) in [5.74, 6) is 1.46. The predicted molar refractivity (Wildman–Crippen MR) is 91.1 cm³/mol. The fourth-order valence-electron chi connectivity index (χ4n) is 2.60. The summed E-state index contributed by atoms with van der Waals surface area (Å²) in [5.41, 5.74) is 2.98. The molecule has 0 aromatic heterocycles. The smallest absolute Gasteiger partial charge is 0.224 e. The van der Waals surface area contributed by atoms with Crippen molar-refractivity contribution < 1.29 is 14.3 Å². The van der Waals surface area contributed by atoms with Gasteiger partial charge in [-0.25, -0.2) is 0 Å². The van der Waals surface area contributed by atoms with Gasteiger partial charge in [-0.05, 0) is 25.0 Å². The van der Waals surface area contributed by atoms with Gasteiger partial charge >= 0.3 is 0 Å². The Bertz CT molecular complexity index is 653. The molecule has 0 heterocycles. The molecule has 0 bridgehead atoms. The molecule has 0 saturated carbocycles. The largest absolute Gasteiger partial charge is 0.496 e. The highest BCUT2D eigenvalue weighted by molar-refractivity contribution is 5.79. The highest BCUT2D eigenvalue weighted by atomic mass is 16.5. The van der Waals surface area contributed by atoms with E-state index >= 15 is 0 Å². The predicted octanol–water partition coefficient (Wildman–Crippen LogP) is 2.91. The van der Waals surface area contributed by atoms with E-state index in [1.807, 2.05) is 37.3 Å². The monoisotopic (exact) mass is 313 g/mol. The molecule has 1 amide bonds. The number of nitrogens with one attached hydrogen (secondary N) is 1. The lowest BCUT2D eigenvalue weighted by Gasteiger charge is -2.14. The van der Waals surface area contributed by atoms with Crippen molar-refractivity contribution in [2.24, 2.45) is 0 Å². The van der Waals surface area contributed by atoms with Gasteiger partial charge in [-0.1, -0.05) is 36.4 Å². The maximum absolute atomic E-state index is 12.1. The van der Waals surface area contributed by atoms with Crippen LogP contribution >= 0.6 is 0 Å². The summed E-state index contributed by atoms with van der Waals surface area (Å²) >= 11 is 0. The second kappa shape index (κ2) is 8.22. The number of carbonyl (C=O) groups is 1. The van der Waals surface area contributed by atoms with E-state index in [0.29, 0.717) is 18.7 Å². The number of rotatable bonds is 7. The van der Waals surface area contributed by atoms with Crippen LogP contribution in [0.2, 0.25) is 0 Å². The molecule has 4 nitrogen and oxygen atoms in total. The third-order valence-corrected chi connectivity index (χ3v) is 3.79. The number of carbonyl (C=O) groups excluding carboxylic acids is 1. The van der Waals surface area contributed by atoms with Crippen molar-refractivity contribution in [3.05, 3.63) is 59.2 Å². The van der Waals surface area contributed by atoms with Crippen molar-refractivity contribution in [1.82, 2.24) is 5.32 Å². The minimum absolute atomic E-state index is 0.0104. The zero-order valence-corrected chi connectivity index (χ0v) is 13.9. The van der Waals surface area contributed by atoms with E-state index in [1.165, 1.54) is 5.56 Å². The van der Waals surface area contributed by atoms with E-state index in [-0.39, 0.29) is 5.91 Å². The first-order chi connectivity index (χ1) is 11.2. The van der Waals surface area contributed by atoms with Crippen LogP contribution in [0.4, 0.5) is 0 Å². The molecule has 4 heteroatoms. The van der Waals surface area contributed by atoms with E-state index in [4.69, 9.17) is 9.47 Å². The molecule has 0 atom stereocenters. The Balaban J connectivity index is 1.93. The van der Waals surface area contributed by atoms with Crippen LogP contribution in [-0.4, -0.2) is 26.7 Å². The van der Waals surface area contributed by atoms with Crippen LogP contribution in [0.25, 0.3) is 0 Å². The van der Waals surface area contributed by atoms with Crippen molar-refractivity contribution in [2.75, 3.05) is 20.8 Å². The Morgan fingerprint density at radius 2 is 1.78 bits per heavy atom. The summed E-state index contributed by atoms with van der Waals surface area (Å²) < 4.78 is 10.7. The van der Waals surface area contributed by atoms with Crippen LogP contribution in [0.3, 0.4) is 0 Å². The van der Waals surface area contributed by atoms with Gasteiger partial charge < -0.3 is 14.8 Å². The van der Waals surface area contributed by atoms with E-state index in [2.05, 4.69) is 17.4 Å². The Labute approximate surface area is 137 Å². The van der Waals surface area contributed by atoms with Crippen molar-refractivity contribution in [1.29, 1.82) is 0 Å². The minimum Gasteiger partial charge on any atom is -0.496 e. The molecule has 2 aromatic rings. The first-order valence-electron chi connectivity index (χ1n) is 7.66. The number of benzene rings is 2. The molecule has 0 spiro atoms. The Kier molecular flexibility index (Phi) is 6.03. The van der Waals surface area contributed by atoms with Crippen LogP contribution in [0.15, 0.2) is 42.5 Å². The highest BCUT2D eigenvalue weighted by Gasteiger charge is 2.13. The number of methoxy groups -OCH3 is 2. The lowest BCUT2D eigenvalue weighted by molar-refractivity contribution is -0.120. The molecule has 0 fully saturated rings. The summed E-state index contributed by atoms with van der Waals surface area (Å²) in [6.45, 7) is 2.55. The normalized spacial score (nSPS) is 10.2. The van der Waals surface area contributed by atoms with Gasteiger partial charge in [0.1, 0.15) is 11.5 Å².